The molecule has 2 heterocycles. The summed E-state index contributed by atoms with van der Waals surface area (Å²) in [7, 11) is 5.37. The summed E-state index contributed by atoms with van der Waals surface area (Å²) in [6, 6.07) is 5.29. The molecule has 2 aromatic rings. The number of aryl methyl sites for hydroxylation is 1. The topological polar surface area (TPSA) is 79.7 Å². The number of anilines is 1. The number of benzene rings is 1. The second-order valence-electron chi connectivity index (χ2n) is 7.11. The van der Waals surface area contributed by atoms with Gasteiger partial charge in [0.05, 0.1) is 36.7 Å². The molecule has 0 radical (unpaired) electrons. The van der Waals surface area contributed by atoms with Crippen molar-refractivity contribution in [2.75, 3.05) is 32.6 Å². The first-order valence-electron chi connectivity index (χ1n) is 9.37. The lowest BCUT2D eigenvalue weighted by molar-refractivity contribution is -0.121. The van der Waals surface area contributed by atoms with Crippen molar-refractivity contribution in [1.29, 1.82) is 0 Å². The molecule has 8 nitrogen and oxygen atoms in total. The van der Waals surface area contributed by atoms with Crippen LogP contribution in [0.15, 0.2) is 30.7 Å². The monoisotopic (exact) mass is 385 g/mol. The SMILES string of the molecule is CCn1cncc1CNC(=O)C[C@H]1COc2ccc(C(=O)N(C)C)cc2N1C. The summed E-state index contributed by atoms with van der Waals surface area (Å²) < 4.78 is 7.82. The fraction of sp³-hybridized carbons (Fsp3) is 0.450. The highest BCUT2D eigenvalue weighted by molar-refractivity contribution is 5.95. The van der Waals surface area contributed by atoms with Gasteiger partial charge < -0.3 is 24.4 Å². The fourth-order valence-corrected chi connectivity index (χ4v) is 3.25. The minimum Gasteiger partial charge on any atom is -0.489 e. The van der Waals surface area contributed by atoms with Crippen LogP contribution in [0.3, 0.4) is 0 Å². The molecule has 2 amide bonds. The number of carbonyl (C=O) groups excluding carboxylic acids is 2. The Morgan fingerprint density at radius 3 is 2.86 bits per heavy atom. The van der Waals surface area contributed by atoms with E-state index in [4.69, 9.17) is 4.74 Å². The van der Waals surface area contributed by atoms with E-state index in [1.807, 2.05) is 35.6 Å². The van der Waals surface area contributed by atoms with Crippen molar-refractivity contribution >= 4 is 17.5 Å². The molecule has 1 aliphatic rings. The molecule has 0 spiro atoms. The minimum atomic E-state index is -0.103. The fourth-order valence-electron chi connectivity index (χ4n) is 3.25. The maximum atomic E-state index is 12.4. The Balaban J connectivity index is 1.64. The molecule has 1 aromatic heterocycles. The maximum absolute atomic E-state index is 12.4. The van der Waals surface area contributed by atoms with E-state index in [9.17, 15) is 9.59 Å². The Labute approximate surface area is 165 Å². The first-order valence-corrected chi connectivity index (χ1v) is 9.37. The van der Waals surface area contributed by atoms with Gasteiger partial charge in [0, 0.05) is 39.4 Å². The van der Waals surface area contributed by atoms with E-state index in [1.54, 1.807) is 32.7 Å². The van der Waals surface area contributed by atoms with Gasteiger partial charge in [-0.05, 0) is 25.1 Å². The number of carbonyl (C=O) groups is 2. The molecule has 150 valence electrons. The number of rotatable bonds is 6. The number of nitrogens with zero attached hydrogens (tertiary/aromatic N) is 4. The standard InChI is InChI=1S/C20H27N5O3/c1-5-25-13-21-10-16(25)11-22-19(26)9-15-12-28-18-7-6-14(20(27)23(2)3)8-17(18)24(15)4/h6-8,10,13,15H,5,9,11-12H2,1-4H3,(H,22,26)/t15-/m0/s1. The number of nitrogens with one attached hydrogen (secondary N) is 1. The van der Waals surface area contributed by atoms with Crippen LogP contribution in [0, 0.1) is 0 Å². The molecule has 1 aliphatic heterocycles. The van der Waals surface area contributed by atoms with E-state index >= 15 is 0 Å². The Morgan fingerprint density at radius 1 is 1.36 bits per heavy atom. The molecule has 0 bridgehead atoms. The van der Waals surface area contributed by atoms with Gasteiger partial charge in [0.2, 0.25) is 5.91 Å². The zero-order chi connectivity index (χ0) is 20.3. The number of hydrogen-bond donors (Lipinski definition) is 1. The van der Waals surface area contributed by atoms with Crippen molar-refractivity contribution < 1.29 is 14.3 Å². The van der Waals surface area contributed by atoms with Crippen LogP contribution >= 0.6 is 0 Å². The number of aromatic nitrogens is 2. The zero-order valence-electron chi connectivity index (χ0n) is 16.8. The van der Waals surface area contributed by atoms with Gasteiger partial charge in [-0.15, -0.1) is 0 Å². The van der Waals surface area contributed by atoms with E-state index in [2.05, 4.69) is 10.3 Å². The maximum Gasteiger partial charge on any atom is 0.253 e. The minimum absolute atomic E-state index is 0.0479. The molecule has 0 unspecified atom stereocenters. The highest BCUT2D eigenvalue weighted by Gasteiger charge is 2.27. The number of hydrogen-bond acceptors (Lipinski definition) is 5. The molecule has 1 atom stereocenters. The van der Waals surface area contributed by atoms with Gasteiger partial charge in [0.25, 0.3) is 5.91 Å². The van der Waals surface area contributed by atoms with Crippen LogP contribution in [0.5, 0.6) is 5.75 Å². The molecule has 0 saturated heterocycles. The molecular weight excluding hydrogens is 358 g/mol. The van der Waals surface area contributed by atoms with Gasteiger partial charge in [-0.3, -0.25) is 9.59 Å². The van der Waals surface area contributed by atoms with Gasteiger partial charge in [-0.2, -0.15) is 0 Å². The smallest absolute Gasteiger partial charge is 0.253 e. The Morgan fingerprint density at radius 2 is 2.14 bits per heavy atom. The molecule has 0 aliphatic carbocycles. The summed E-state index contributed by atoms with van der Waals surface area (Å²) in [6.45, 7) is 3.72. The number of amides is 2. The molecule has 0 fully saturated rings. The molecule has 3 rings (SSSR count). The normalized spacial score (nSPS) is 15.6. The van der Waals surface area contributed by atoms with Crippen molar-refractivity contribution in [2.45, 2.75) is 32.5 Å². The average Bonchev–Trinajstić information content (AvgIpc) is 3.15. The van der Waals surface area contributed by atoms with Crippen molar-refractivity contribution in [1.82, 2.24) is 19.8 Å². The summed E-state index contributed by atoms with van der Waals surface area (Å²) in [5.74, 6) is 0.609. The highest BCUT2D eigenvalue weighted by Crippen LogP contribution is 2.34. The third-order valence-corrected chi connectivity index (χ3v) is 5.00. The molecule has 28 heavy (non-hydrogen) atoms. The first kappa shape index (κ1) is 19.7. The second kappa shape index (κ2) is 8.33. The number of fused-ring (bicyclic) bond motifs is 1. The van der Waals surface area contributed by atoms with E-state index in [0.29, 0.717) is 25.1 Å². The van der Waals surface area contributed by atoms with Crippen LogP contribution in [0.25, 0.3) is 0 Å². The third kappa shape index (κ3) is 4.11. The van der Waals surface area contributed by atoms with E-state index in [1.165, 1.54) is 4.90 Å². The van der Waals surface area contributed by atoms with E-state index in [-0.39, 0.29) is 17.9 Å². The molecule has 8 heteroatoms. The lowest BCUT2D eigenvalue weighted by atomic mass is 10.1. The summed E-state index contributed by atoms with van der Waals surface area (Å²) >= 11 is 0. The predicted molar refractivity (Wildman–Crippen MR) is 107 cm³/mol. The first-order chi connectivity index (χ1) is 13.4. The molecule has 0 saturated carbocycles. The summed E-state index contributed by atoms with van der Waals surface area (Å²) in [5.41, 5.74) is 2.39. The Bertz CT molecular complexity index is 861. The van der Waals surface area contributed by atoms with Crippen LogP contribution in [0.1, 0.15) is 29.4 Å². The Kier molecular flexibility index (Phi) is 5.87. The average molecular weight is 385 g/mol. The zero-order valence-corrected chi connectivity index (χ0v) is 16.8. The van der Waals surface area contributed by atoms with Crippen molar-refractivity contribution in [3.8, 4) is 5.75 Å². The van der Waals surface area contributed by atoms with Crippen molar-refractivity contribution in [3.05, 3.63) is 42.0 Å². The lowest BCUT2D eigenvalue weighted by Gasteiger charge is -2.35. The quantitative estimate of drug-likeness (QED) is 0.815. The Hall–Kier alpha value is -3.03. The highest BCUT2D eigenvalue weighted by atomic mass is 16.5. The van der Waals surface area contributed by atoms with Gasteiger partial charge in [-0.25, -0.2) is 4.98 Å². The van der Waals surface area contributed by atoms with Gasteiger partial charge >= 0.3 is 0 Å². The molecule has 1 N–H and O–H groups in total. The van der Waals surface area contributed by atoms with Crippen molar-refractivity contribution in [2.24, 2.45) is 0 Å². The van der Waals surface area contributed by atoms with Crippen LogP contribution in [-0.4, -0.2) is 60.1 Å². The van der Waals surface area contributed by atoms with Gasteiger partial charge in [-0.1, -0.05) is 0 Å². The van der Waals surface area contributed by atoms with Gasteiger partial charge in [0.1, 0.15) is 12.4 Å². The lowest BCUT2D eigenvalue weighted by Crippen LogP contribution is -2.43. The third-order valence-electron chi connectivity index (χ3n) is 5.00. The van der Waals surface area contributed by atoms with Crippen LogP contribution < -0.4 is 15.0 Å². The molecule has 1 aromatic carbocycles. The number of imidazole rings is 1. The second-order valence-corrected chi connectivity index (χ2v) is 7.11. The summed E-state index contributed by atoms with van der Waals surface area (Å²) in [4.78, 5) is 32.4. The largest absolute Gasteiger partial charge is 0.489 e. The predicted octanol–water partition coefficient (Wildman–Crippen LogP) is 1.51. The number of likely N-dealkylation sites (N-methyl/N-ethyl adjacent to an activating group) is 1. The van der Waals surface area contributed by atoms with Crippen LogP contribution in [0.2, 0.25) is 0 Å². The van der Waals surface area contributed by atoms with E-state index in [0.717, 1.165) is 23.7 Å². The summed E-state index contributed by atoms with van der Waals surface area (Å²) in [6.07, 6.45) is 3.83. The van der Waals surface area contributed by atoms with E-state index < -0.39 is 0 Å². The van der Waals surface area contributed by atoms with Crippen molar-refractivity contribution in [3.63, 3.8) is 0 Å². The van der Waals surface area contributed by atoms with Gasteiger partial charge in [0.15, 0.2) is 0 Å². The number of ether oxygens (including phenoxy) is 1. The van der Waals surface area contributed by atoms with Crippen LogP contribution in [-0.2, 0) is 17.9 Å². The summed E-state index contributed by atoms with van der Waals surface area (Å²) in [5, 5.41) is 2.95. The molecular formula is C20H27N5O3. The van der Waals surface area contributed by atoms with Crippen LogP contribution in [0.4, 0.5) is 5.69 Å².